The molecule has 0 aromatic rings. The lowest BCUT2D eigenvalue weighted by molar-refractivity contribution is -0.159. The average molecular weight is 256 g/mol. The molecule has 1 saturated carbocycles. The van der Waals surface area contributed by atoms with Crippen molar-refractivity contribution in [3.63, 3.8) is 0 Å². The Labute approximate surface area is 111 Å². The standard InChI is InChI=1S/C14H28N2O2/c1-13(2,3)18-12(17)11(16-5)10-7-6-8-14(4,15)9-10/h10-11,16H,6-9,15H2,1-5H3/t10-,11?,14+/m1/s1. The summed E-state index contributed by atoms with van der Waals surface area (Å²) in [7, 11) is 1.82. The lowest BCUT2D eigenvalue weighted by Gasteiger charge is -2.38. The molecule has 18 heavy (non-hydrogen) atoms. The van der Waals surface area contributed by atoms with Gasteiger partial charge < -0.3 is 15.8 Å². The molecule has 1 fully saturated rings. The van der Waals surface area contributed by atoms with E-state index in [1.165, 1.54) is 0 Å². The van der Waals surface area contributed by atoms with Crippen LogP contribution in [-0.4, -0.2) is 30.2 Å². The SMILES string of the molecule is CNC(C(=O)OC(C)(C)C)[C@@H]1CCC[C@](C)(N)C1. The molecular formula is C14H28N2O2. The molecule has 0 spiro atoms. The summed E-state index contributed by atoms with van der Waals surface area (Å²) in [5, 5.41) is 3.10. The zero-order chi connectivity index (χ0) is 14.0. The fourth-order valence-corrected chi connectivity index (χ4v) is 2.77. The number of carbonyl (C=O) groups excluding carboxylic acids is 1. The van der Waals surface area contributed by atoms with Crippen LogP contribution in [0, 0.1) is 5.92 Å². The number of rotatable bonds is 3. The van der Waals surface area contributed by atoms with Crippen LogP contribution in [0.3, 0.4) is 0 Å². The second kappa shape index (κ2) is 5.57. The maximum Gasteiger partial charge on any atom is 0.323 e. The number of nitrogens with two attached hydrogens (primary N) is 1. The van der Waals surface area contributed by atoms with E-state index in [1.807, 2.05) is 27.8 Å². The van der Waals surface area contributed by atoms with Crippen LogP contribution in [0.2, 0.25) is 0 Å². The van der Waals surface area contributed by atoms with E-state index in [0.717, 1.165) is 25.7 Å². The first-order valence-electron chi connectivity index (χ1n) is 6.84. The molecule has 106 valence electrons. The Hall–Kier alpha value is -0.610. The number of ether oxygens (including phenoxy) is 1. The minimum Gasteiger partial charge on any atom is -0.459 e. The molecule has 0 heterocycles. The highest BCUT2D eigenvalue weighted by molar-refractivity contribution is 5.76. The molecule has 3 atom stereocenters. The molecule has 0 aromatic heterocycles. The van der Waals surface area contributed by atoms with Crippen LogP contribution >= 0.6 is 0 Å². The van der Waals surface area contributed by atoms with Crippen LogP contribution in [0.1, 0.15) is 53.4 Å². The number of likely N-dealkylation sites (N-methyl/N-ethyl adjacent to an activating group) is 1. The molecule has 1 aliphatic rings. The van der Waals surface area contributed by atoms with Crippen molar-refractivity contribution in [1.29, 1.82) is 0 Å². The van der Waals surface area contributed by atoms with E-state index in [2.05, 4.69) is 12.2 Å². The third kappa shape index (κ3) is 4.58. The molecule has 1 unspecified atom stereocenters. The Kier molecular flexibility index (Phi) is 4.78. The Balaban J connectivity index is 2.68. The van der Waals surface area contributed by atoms with Gasteiger partial charge in [0.2, 0.25) is 0 Å². The van der Waals surface area contributed by atoms with Crippen LogP contribution in [0.4, 0.5) is 0 Å². The minimum absolute atomic E-state index is 0.153. The molecule has 0 amide bonds. The van der Waals surface area contributed by atoms with Crippen molar-refractivity contribution in [2.45, 2.75) is 70.6 Å². The normalized spacial score (nSPS) is 30.9. The highest BCUT2D eigenvalue weighted by Gasteiger charge is 2.37. The van der Waals surface area contributed by atoms with Crippen LogP contribution in [-0.2, 0) is 9.53 Å². The van der Waals surface area contributed by atoms with Crippen molar-refractivity contribution >= 4 is 5.97 Å². The Morgan fingerprint density at radius 3 is 2.56 bits per heavy atom. The summed E-state index contributed by atoms with van der Waals surface area (Å²) in [6.07, 6.45) is 4.03. The van der Waals surface area contributed by atoms with Crippen LogP contribution in [0.25, 0.3) is 0 Å². The molecule has 0 saturated heterocycles. The maximum absolute atomic E-state index is 12.2. The van der Waals surface area contributed by atoms with Crippen molar-refractivity contribution in [3.05, 3.63) is 0 Å². The summed E-state index contributed by atoms with van der Waals surface area (Å²) >= 11 is 0. The quantitative estimate of drug-likeness (QED) is 0.756. The van der Waals surface area contributed by atoms with Gasteiger partial charge in [-0.1, -0.05) is 6.42 Å². The largest absolute Gasteiger partial charge is 0.459 e. The van der Waals surface area contributed by atoms with Gasteiger partial charge in [-0.2, -0.15) is 0 Å². The summed E-state index contributed by atoms with van der Waals surface area (Å²) in [4.78, 5) is 12.2. The lowest BCUT2D eigenvalue weighted by Crippen LogP contribution is -2.50. The third-order valence-electron chi connectivity index (χ3n) is 3.49. The van der Waals surface area contributed by atoms with Gasteiger partial charge in [0.15, 0.2) is 0 Å². The molecule has 0 aliphatic heterocycles. The zero-order valence-corrected chi connectivity index (χ0v) is 12.4. The molecular weight excluding hydrogens is 228 g/mol. The molecule has 4 nitrogen and oxygen atoms in total. The number of hydrogen-bond donors (Lipinski definition) is 2. The van der Waals surface area contributed by atoms with Gasteiger partial charge >= 0.3 is 5.97 Å². The van der Waals surface area contributed by atoms with E-state index in [0.29, 0.717) is 0 Å². The summed E-state index contributed by atoms with van der Waals surface area (Å²) in [6.45, 7) is 7.75. The molecule has 0 bridgehead atoms. The van der Waals surface area contributed by atoms with Crippen molar-refractivity contribution < 1.29 is 9.53 Å². The maximum atomic E-state index is 12.2. The minimum atomic E-state index is -0.438. The van der Waals surface area contributed by atoms with Crippen LogP contribution in [0.5, 0.6) is 0 Å². The number of carbonyl (C=O) groups is 1. The average Bonchev–Trinajstić information content (AvgIpc) is 2.13. The predicted molar refractivity (Wildman–Crippen MR) is 73.2 cm³/mol. The van der Waals surface area contributed by atoms with Gasteiger partial charge in [-0.15, -0.1) is 0 Å². The lowest BCUT2D eigenvalue weighted by atomic mass is 9.74. The fraction of sp³-hybridized carbons (Fsp3) is 0.929. The van der Waals surface area contributed by atoms with Gasteiger partial charge in [0.05, 0.1) is 0 Å². The molecule has 0 radical (unpaired) electrons. The van der Waals surface area contributed by atoms with Gasteiger partial charge in [0, 0.05) is 5.54 Å². The third-order valence-corrected chi connectivity index (χ3v) is 3.49. The van der Waals surface area contributed by atoms with E-state index in [9.17, 15) is 4.79 Å². The van der Waals surface area contributed by atoms with E-state index in [-0.39, 0.29) is 23.5 Å². The van der Waals surface area contributed by atoms with Gasteiger partial charge in [-0.05, 0) is 59.9 Å². The highest BCUT2D eigenvalue weighted by atomic mass is 16.6. The highest BCUT2D eigenvalue weighted by Crippen LogP contribution is 2.33. The van der Waals surface area contributed by atoms with E-state index in [4.69, 9.17) is 10.5 Å². The van der Waals surface area contributed by atoms with E-state index < -0.39 is 5.60 Å². The molecule has 0 aromatic carbocycles. The topological polar surface area (TPSA) is 64.3 Å². The van der Waals surface area contributed by atoms with Crippen molar-refractivity contribution in [2.75, 3.05) is 7.05 Å². The Morgan fingerprint density at radius 1 is 1.50 bits per heavy atom. The number of esters is 1. The summed E-state index contributed by atoms with van der Waals surface area (Å²) < 4.78 is 5.47. The first-order chi connectivity index (χ1) is 8.14. The van der Waals surface area contributed by atoms with Crippen LogP contribution in [0.15, 0.2) is 0 Å². The second-order valence-corrected chi connectivity index (χ2v) is 6.81. The van der Waals surface area contributed by atoms with Gasteiger partial charge in [-0.25, -0.2) is 0 Å². The van der Waals surface area contributed by atoms with Crippen molar-refractivity contribution in [2.24, 2.45) is 11.7 Å². The molecule has 3 N–H and O–H groups in total. The summed E-state index contributed by atoms with van der Waals surface area (Å²) in [5.74, 6) is 0.112. The predicted octanol–water partition coefficient (Wildman–Crippen LogP) is 1.82. The van der Waals surface area contributed by atoms with Gasteiger partial charge in [0.25, 0.3) is 0 Å². The Bertz CT molecular complexity index is 295. The summed E-state index contributed by atoms with van der Waals surface area (Å²) in [5.41, 5.74) is 5.62. The Morgan fingerprint density at radius 2 is 2.11 bits per heavy atom. The van der Waals surface area contributed by atoms with Crippen molar-refractivity contribution in [1.82, 2.24) is 5.32 Å². The fourth-order valence-electron chi connectivity index (χ4n) is 2.77. The molecule has 1 aliphatic carbocycles. The number of hydrogen-bond acceptors (Lipinski definition) is 4. The summed E-state index contributed by atoms with van der Waals surface area (Å²) in [6, 6.07) is -0.243. The monoisotopic (exact) mass is 256 g/mol. The van der Waals surface area contributed by atoms with Gasteiger partial charge in [-0.3, -0.25) is 4.79 Å². The molecule has 1 rings (SSSR count). The van der Waals surface area contributed by atoms with Crippen molar-refractivity contribution in [3.8, 4) is 0 Å². The van der Waals surface area contributed by atoms with Gasteiger partial charge in [0.1, 0.15) is 11.6 Å². The zero-order valence-electron chi connectivity index (χ0n) is 12.4. The number of nitrogens with one attached hydrogen (secondary N) is 1. The first kappa shape index (κ1) is 15.4. The smallest absolute Gasteiger partial charge is 0.323 e. The molecule has 4 heteroatoms. The van der Waals surface area contributed by atoms with E-state index in [1.54, 1.807) is 0 Å². The van der Waals surface area contributed by atoms with Crippen LogP contribution < -0.4 is 11.1 Å². The second-order valence-electron chi connectivity index (χ2n) is 6.81. The van der Waals surface area contributed by atoms with E-state index >= 15 is 0 Å². The first-order valence-corrected chi connectivity index (χ1v) is 6.84.